The fourth-order valence-corrected chi connectivity index (χ4v) is 3.87. The van der Waals surface area contributed by atoms with Gasteiger partial charge < -0.3 is 9.47 Å². The molecule has 1 aromatic heterocycles. The van der Waals surface area contributed by atoms with Crippen LogP contribution < -0.4 is 11.2 Å². The number of alkyl halides is 3. The van der Waals surface area contributed by atoms with Gasteiger partial charge in [-0.15, -0.1) is 0 Å². The summed E-state index contributed by atoms with van der Waals surface area (Å²) in [6.07, 6.45) is -4.97. The molecule has 0 N–H and O–H groups in total. The number of aromatic nitrogens is 2. The van der Waals surface area contributed by atoms with Crippen LogP contribution in [0.4, 0.5) is 13.2 Å². The summed E-state index contributed by atoms with van der Waals surface area (Å²) < 4.78 is 50.2. The van der Waals surface area contributed by atoms with E-state index in [1.165, 1.54) is 27.7 Å². The molecule has 1 aromatic carbocycles. The van der Waals surface area contributed by atoms with Gasteiger partial charge >= 0.3 is 23.8 Å². The number of esters is 2. The Morgan fingerprint density at radius 1 is 1.00 bits per heavy atom. The first-order valence-electron chi connectivity index (χ1n) is 10.8. The molecule has 0 fully saturated rings. The maximum absolute atomic E-state index is 13.8. The number of nitrogens with zero attached hydrogens (tertiary/aromatic N) is 2. The van der Waals surface area contributed by atoms with E-state index in [0.717, 1.165) is 25.2 Å². The van der Waals surface area contributed by atoms with Crippen LogP contribution in [0.15, 0.2) is 33.9 Å². The van der Waals surface area contributed by atoms with E-state index >= 15 is 0 Å². The second-order valence-electron chi connectivity index (χ2n) is 7.94. The fraction of sp³-hybridized carbons (Fsp3) is 0.435. The normalized spacial score (nSPS) is 11.9. The molecule has 0 radical (unpaired) electrons. The maximum atomic E-state index is 13.8. The molecule has 0 aliphatic heterocycles. The minimum absolute atomic E-state index is 0.162. The molecule has 1 heterocycles. The molecular formula is C23H24ClF3N2O7. The monoisotopic (exact) mass is 532 g/mol. The lowest BCUT2D eigenvalue weighted by Crippen LogP contribution is -2.52. The topological polar surface area (TPSA) is 114 Å². The molecule has 0 unspecified atom stereocenters. The number of hydrogen-bond acceptors (Lipinski definition) is 7. The molecule has 0 saturated carbocycles. The zero-order chi connectivity index (χ0) is 27.6. The lowest BCUT2D eigenvalue weighted by molar-refractivity contribution is -0.170. The Bertz CT molecular complexity index is 1290. The Morgan fingerprint density at radius 3 is 1.97 bits per heavy atom. The molecule has 0 bridgehead atoms. The number of rotatable bonds is 8. The summed E-state index contributed by atoms with van der Waals surface area (Å²) in [7, 11) is 0.828. The van der Waals surface area contributed by atoms with E-state index in [1.54, 1.807) is 0 Å². The number of carbonyl (C=O) groups is 3. The zero-order valence-electron chi connectivity index (χ0n) is 20.1. The second-order valence-corrected chi connectivity index (χ2v) is 8.35. The summed E-state index contributed by atoms with van der Waals surface area (Å²) in [5.41, 5.74) is -7.38. The van der Waals surface area contributed by atoms with E-state index in [1.807, 2.05) is 0 Å². The molecule has 2 aromatic rings. The maximum Gasteiger partial charge on any atom is 0.431 e. The van der Waals surface area contributed by atoms with E-state index in [0.29, 0.717) is 4.57 Å². The van der Waals surface area contributed by atoms with Crippen LogP contribution >= 0.6 is 11.6 Å². The van der Waals surface area contributed by atoms with Crippen LogP contribution in [0.3, 0.4) is 0 Å². The predicted molar refractivity (Wildman–Crippen MR) is 122 cm³/mol. The third-order valence-electron chi connectivity index (χ3n) is 5.48. The summed E-state index contributed by atoms with van der Waals surface area (Å²) in [5.74, 6) is -4.48. The Labute approximate surface area is 208 Å². The summed E-state index contributed by atoms with van der Waals surface area (Å²) in [6.45, 7) is 5.45. The number of carbonyl (C=O) groups excluding carboxylic acids is 3. The van der Waals surface area contributed by atoms with Crippen molar-refractivity contribution in [3.8, 4) is 5.69 Å². The van der Waals surface area contributed by atoms with Gasteiger partial charge in [-0.2, -0.15) is 13.2 Å². The second kappa shape index (κ2) is 10.7. The number of Topliss-reactive ketones (excluding diaryl/α,β-unsaturated/α-hetero) is 1. The van der Waals surface area contributed by atoms with E-state index in [4.69, 9.17) is 21.1 Å². The van der Waals surface area contributed by atoms with Crippen molar-refractivity contribution in [3.63, 3.8) is 0 Å². The highest BCUT2D eigenvalue weighted by Crippen LogP contribution is 2.37. The van der Waals surface area contributed by atoms with E-state index in [2.05, 4.69) is 0 Å². The van der Waals surface area contributed by atoms with Crippen molar-refractivity contribution in [1.82, 2.24) is 9.13 Å². The third-order valence-corrected chi connectivity index (χ3v) is 5.81. The van der Waals surface area contributed by atoms with E-state index in [9.17, 15) is 37.1 Å². The van der Waals surface area contributed by atoms with Crippen LogP contribution in [-0.2, 0) is 32.3 Å². The van der Waals surface area contributed by atoms with Crippen LogP contribution in [0.1, 0.15) is 43.7 Å². The summed E-state index contributed by atoms with van der Waals surface area (Å²) in [5, 5.41) is -0.251. The van der Waals surface area contributed by atoms with Crippen LogP contribution in [-0.4, -0.2) is 40.1 Å². The van der Waals surface area contributed by atoms with Gasteiger partial charge in [-0.25, -0.2) is 9.36 Å². The Hall–Kier alpha value is -3.41. The largest absolute Gasteiger partial charge is 0.465 e. The van der Waals surface area contributed by atoms with Gasteiger partial charge in [-0.3, -0.25) is 23.7 Å². The van der Waals surface area contributed by atoms with Gasteiger partial charge in [0.15, 0.2) is 5.78 Å². The third kappa shape index (κ3) is 4.95. The molecule has 0 saturated heterocycles. The Balaban J connectivity index is 2.84. The van der Waals surface area contributed by atoms with Crippen molar-refractivity contribution in [1.29, 1.82) is 0 Å². The minimum Gasteiger partial charge on any atom is -0.465 e. The molecule has 0 amide bonds. The SMILES string of the molecule is CCOC(=O)C(C(=O)OCC)(C(=O)c1cc(-n2c(=O)cc(C(F)(F)F)n(C)c2=O)ccc1Cl)C(C)C. The average molecular weight is 533 g/mol. The molecule has 0 aliphatic carbocycles. The van der Waals surface area contributed by atoms with Gasteiger partial charge in [0.25, 0.3) is 5.56 Å². The molecule has 0 atom stereocenters. The van der Waals surface area contributed by atoms with Crippen LogP contribution in [0, 0.1) is 11.3 Å². The number of halogens is 4. The zero-order valence-corrected chi connectivity index (χ0v) is 20.8. The molecule has 9 nitrogen and oxygen atoms in total. The molecule has 196 valence electrons. The van der Waals surface area contributed by atoms with Gasteiger partial charge in [0.1, 0.15) is 5.69 Å². The molecule has 2 rings (SSSR count). The van der Waals surface area contributed by atoms with Gasteiger partial charge in [0.05, 0.1) is 23.9 Å². The van der Waals surface area contributed by atoms with Crippen molar-refractivity contribution >= 4 is 29.3 Å². The summed E-state index contributed by atoms with van der Waals surface area (Å²) in [6, 6.07) is 3.40. The molecule has 0 aliphatic rings. The number of ketones is 1. The quantitative estimate of drug-likeness (QED) is 0.291. The van der Waals surface area contributed by atoms with Crippen molar-refractivity contribution in [2.75, 3.05) is 13.2 Å². The smallest absolute Gasteiger partial charge is 0.431 e. The van der Waals surface area contributed by atoms with E-state index in [-0.39, 0.29) is 34.6 Å². The Kier molecular flexibility index (Phi) is 8.56. The highest BCUT2D eigenvalue weighted by atomic mass is 35.5. The minimum atomic E-state index is -4.97. The molecule has 0 spiro atoms. The first-order chi connectivity index (χ1) is 16.7. The lowest BCUT2D eigenvalue weighted by atomic mass is 9.71. The first-order valence-corrected chi connectivity index (χ1v) is 11.1. The molecular weight excluding hydrogens is 509 g/mol. The van der Waals surface area contributed by atoms with Gasteiger partial charge in [0.2, 0.25) is 5.41 Å². The summed E-state index contributed by atoms with van der Waals surface area (Å²) >= 11 is 6.20. The van der Waals surface area contributed by atoms with Crippen molar-refractivity contribution in [2.24, 2.45) is 18.4 Å². The van der Waals surface area contributed by atoms with Crippen molar-refractivity contribution in [3.05, 3.63) is 61.4 Å². The lowest BCUT2D eigenvalue weighted by Gasteiger charge is -2.31. The molecule has 13 heteroatoms. The summed E-state index contributed by atoms with van der Waals surface area (Å²) in [4.78, 5) is 64.9. The highest BCUT2D eigenvalue weighted by Gasteiger charge is 2.58. The van der Waals surface area contributed by atoms with Gasteiger partial charge in [-0.1, -0.05) is 25.4 Å². The van der Waals surface area contributed by atoms with Gasteiger partial charge in [-0.05, 0) is 38.0 Å². The fourth-order valence-electron chi connectivity index (χ4n) is 3.67. The van der Waals surface area contributed by atoms with Crippen molar-refractivity contribution < 1.29 is 37.0 Å². The van der Waals surface area contributed by atoms with Crippen LogP contribution in [0.5, 0.6) is 0 Å². The van der Waals surface area contributed by atoms with Crippen LogP contribution in [0.25, 0.3) is 5.69 Å². The van der Waals surface area contributed by atoms with E-state index < -0.39 is 57.7 Å². The van der Waals surface area contributed by atoms with Crippen molar-refractivity contribution in [2.45, 2.75) is 33.9 Å². The average Bonchev–Trinajstić information content (AvgIpc) is 2.77. The molecule has 36 heavy (non-hydrogen) atoms. The highest BCUT2D eigenvalue weighted by molar-refractivity contribution is 6.36. The first kappa shape index (κ1) is 28.8. The van der Waals surface area contributed by atoms with Crippen LogP contribution in [0.2, 0.25) is 5.02 Å². The number of benzene rings is 1. The number of ether oxygens (including phenoxy) is 2. The standard InChI is InChI=1S/C23H24ClF3N2O7/c1-6-35-19(32)22(12(3)4,20(33)36-7-2)18(31)14-10-13(8-9-15(14)24)29-17(30)11-16(23(25,26)27)28(5)21(29)34/h8-12H,6-7H2,1-5H3. The van der Waals surface area contributed by atoms with Gasteiger partial charge in [0, 0.05) is 18.7 Å². The predicted octanol–water partition coefficient (Wildman–Crippen LogP) is 3.16. The number of hydrogen-bond donors (Lipinski definition) is 0. The Morgan fingerprint density at radius 2 is 1.53 bits per heavy atom.